The Morgan fingerprint density at radius 3 is 2.31 bits per heavy atom. The van der Waals surface area contributed by atoms with Crippen LogP contribution in [0.2, 0.25) is 18.1 Å². The Bertz CT molecular complexity index is 874. The van der Waals surface area contributed by atoms with Crippen molar-refractivity contribution in [3.05, 3.63) is 65.7 Å². The molecule has 3 rings (SSSR count). The summed E-state index contributed by atoms with van der Waals surface area (Å²) in [5.74, 6) is 1.05. The number of nitrogens with zero attached hydrogens (tertiary/aromatic N) is 1. The summed E-state index contributed by atoms with van der Waals surface area (Å²) in [4.78, 5) is 15.5. The highest BCUT2D eigenvalue weighted by atomic mass is 28.4. The molecule has 0 aromatic heterocycles. The molecule has 0 N–H and O–H groups in total. The lowest BCUT2D eigenvalue weighted by atomic mass is 9.92. The zero-order valence-electron chi connectivity index (χ0n) is 20.6. The largest absolute Gasteiger partial charge is 0.497 e. The monoisotopic (exact) mass is 453 g/mol. The molecule has 0 unspecified atom stereocenters. The van der Waals surface area contributed by atoms with Crippen molar-refractivity contribution in [1.29, 1.82) is 0 Å². The minimum atomic E-state index is -1.96. The Morgan fingerprint density at radius 1 is 1.06 bits per heavy atom. The third-order valence-electron chi connectivity index (χ3n) is 7.08. The van der Waals surface area contributed by atoms with E-state index in [1.807, 2.05) is 30.3 Å². The van der Waals surface area contributed by atoms with Crippen molar-refractivity contribution in [3.8, 4) is 5.75 Å². The number of ether oxygens (including phenoxy) is 1. The third kappa shape index (κ3) is 5.81. The van der Waals surface area contributed by atoms with Crippen molar-refractivity contribution in [2.75, 3.05) is 13.7 Å². The van der Waals surface area contributed by atoms with E-state index in [2.05, 4.69) is 63.0 Å². The number of piperidine rings is 1. The predicted molar refractivity (Wildman–Crippen MR) is 134 cm³/mol. The molecular formula is C27H39NO3Si. The van der Waals surface area contributed by atoms with Crippen molar-refractivity contribution in [1.82, 2.24) is 4.90 Å². The Morgan fingerprint density at radius 2 is 1.72 bits per heavy atom. The molecule has 0 radical (unpaired) electrons. The first-order chi connectivity index (χ1) is 15.1. The van der Waals surface area contributed by atoms with Gasteiger partial charge in [-0.15, -0.1) is 0 Å². The van der Waals surface area contributed by atoms with Gasteiger partial charge in [0.2, 0.25) is 5.91 Å². The van der Waals surface area contributed by atoms with Gasteiger partial charge in [-0.05, 0) is 60.7 Å². The number of benzene rings is 2. The molecule has 1 heterocycles. The van der Waals surface area contributed by atoms with Crippen molar-refractivity contribution in [3.63, 3.8) is 0 Å². The number of hydrogen-bond donors (Lipinski definition) is 0. The number of aryl methyl sites for hydroxylation is 1. The summed E-state index contributed by atoms with van der Waals surface area (Å²) < 4.78 is 12.2. The van der Waals surface area contributed by atoms with Gasteiger partial charge in [0, 0.05) is 13.0 Å². The summed E-state index contributed by atoms with van der Waals surface area (Å²) in [6.45, 7) is 12.2. The van der Waals surface area contributed by atoms with Crippen LogP contribution in [0.25, 0.3) is 0 Å². The maximum Gasteiger partial charge on any atom is 0.223 e. The Kier molecular flexibility index (Phi) is 7.83. The van der Waals surface area contributed by atoms with Crippen LogP contribution in [-0.4, -0.2) is 38.9 Å². The highest BCUT2D eigenvalue weighted by Gasteiger charge is 2.44. The second kappa shape index (κ2) is 10.2. The summed E-state index contributed by atoms with van der Waals surface area (Å²) in [6.07, 6.45) is 3.25. The number of likely N-dealkylation sites (tertiary alicyclic amines) is 1. The lowest BCUT2D eigenvalue weighted by Gasteiger charge is -2.47. The van der Waals surface area contributed by atoms with Gasteiger partial charge in [-0.25, -0.2) is 0 Å². The van der Waals surface area contributed by atoms with Crippen molar-refractivity contribution >= 4 is 14.2 Å². The summed E-state index contributed by atoms with van der Waals surface area (Å²) in [7, 11) is -0.294. The molecule has 2 atom stereocenters. The summed E-state index contributed by atoms with van der Waals surface area (Å²) >= 11 is 0. The zero-order chi connectivity index (χ0) is 23.4. The molecule has 0 saturated carbocycles. The molecule has 0 bridgehead atoms. The second-order valence-corrected chi connectivity index (χ2v) is 15.1. The smallest absolute Gasteiger partial charge is 0.223 e. The molecule has 4 nitrogen and oxygen atoms in total. The number of hydrogen-bond acceptors (Lipinski definition) is 3. The molecule has 32 heavy (non-hydrogen) atoms. The third-order valence-corrected chi connectivity index (χ3v) is 11.6. The van der Waals surface area contributed by atoms with Gasteiger partial charge in [-0.1, -0.05) is 63.2 Å². The fourth-order valence-corrected chi connectivity index (χ4v) is 5.51. The van der Waals surface area contributed by atoms with E-state index in [-0.39, 0.29) is 23.1 Å². The van der Waals surface area contributed by atoms with E-state index in [0.717, 1.165) is 37.1 Å². The maximum absolute atomic E-state index is 13.4. The standard InChI is InChI=1S/C27H39NO3Si/c1-27(2,3)32(5,6)31-24-13-10-20-28(26(24)22-11-8-7-9-12-22)25(29)19-16-21-14-17-23(30-4)18-15-21/h7-9,11-12,14-15,17-18,24,26H,10,13,16,19-20H2,1-6H3/t24-,26+/m0/s1. The highest BCUT2D eigenvalue weighted by Crippen LogP contribution is 2.42. The zero-order valence-corrected chi connectivity index (χ0v) is 21.6. The van der Waals surface area contributed by atoms with E-state index in [0.29, 0.717) is 6.42 Å². The van der Waals surface area contributed by atoms with Crippen LogP contribution in [0, 0.1) is 0 Å². The SMILES string of the molecule is COc1ccc(CCC(=O)N2CCC[C@H](O[Si](C)(C)C(C)(C)C)[C@H]2c2ccccc2)cc1. The Hall–Kier alpha value is -2.11. The fraction of sp³-hybridized carbons (Fsp3) is 0.519. The van der Waals surface area contributed by atoms with Crippen LogP contribution in [0.15, 0.2) is 54.6 Å². The minimum Gasteiger partial charge on any atom is -0.497 e. The summed E-state index contributed by atoms with van der Waals surface area (Å²) in [5, 5.41) is 0.134. The molecule has 174 valence electrons. The molecule has 1 amide bonds. The van der Waals surface area contributed by atoms with Crippen LogP contribution in [-0.2, 0) is 15.6 Å². The van der Waals surface area contributed by atoms with Crippen LogP contribution in [0.4, 0.5) is 0 Å². The highest BCUT2D eigenvalue weighted by molar-refractivity contribution is 6.74. The number of methoxy groups -OCH3 is 1. The van der Waals surface area contributed by atoms with Crippen LogP contribution in [0.3, 0.4) is 0 Å². The van der Waals surface area contributed by atoms with E-state index in [4.69, 9.17) is 9.16 Å². The molecule has 1 aliphatic heterocycles. The lowest BCUT2D eigenvalue weighted by molar-refractivity contribution is -0.138. The number of carbonyl (C=O) groups excluding carboxylic acids is 1. The molecule has 1 aliphatic rings. The average molecular weight is 454 g/mol. The van der Waals surface area contributed by atoms with Gasteiger partial charge in [0.15, 0.2) is 8.32 Å². The first-order valence-corrected chi connectivity index (χ1v) is 14.7. The summed E-state index contributed by atoms with van der Waals surface area (Å²) in [6, 6.07) is 18.4. The van der Waals surface area contributed by atoms with E-state index in [1.165, 1.54) is 5.56 Å². The first-order valence-electron chi connectivity index (χ1n) is 11.8. The normalized spacial score (nSPS) is 19.6. The molecule has 0 aliphatic carbocycles. The van der Waals surface area contributed by atoms with Crippen LogP contribution in [0.1, 0.15) is 57.2 Å². The fourth-order valence-electron chi connectivity index (χ4n) is 4.15. The predicted octanol–water partition coefficient (Wildman–Crippen LogP) is 6.38. The van der Waals surface area contributed by atoms with Crippen molar-refractivity contribution in [2.45, 2.75) is 76.7 Å². The topological polar surface area (TPSA) is 38.8 Å². The van der Waals surface area contributed by atoms with Crippen molar-refractivity contribution in [2.24, 2.45) is 0 Å². The molecule has 5 heteroatoms. The molecule has 2 aromatic carbocycles. The van der Waals surface area contributed by atoms with Gasteiger partial charge in [0.05, 0.1) is 19.3 Å². The molecule has 1 fully saturated rings. The number of amides is 1. The van der Waals surface area contributed by atoms with Gasteiger partial charge in [-0.2, -0.15) is 0 Å². The maximum atomic E-state index is 13.4. The number of carbonyl (C=O) groups is 1. The Labute approximate surface area is 195 Å². The second-order valence-electron chi connectivity index (χ2n) is 10.3. The Balaban J connectivity index is 1.80. The number of rotatable bonds is 7. The van der Waals surface area contributed by atoms with Crippen LogP contribution < -0.4 is 4.74 Å². The van der Waals surface area contributed by atoms with Crippen LogP contribution in [0.5, 0.6) is 5.75 Å². The van der Waals surface area contributed by atoms with Gasteiger partial charge in [-0.3, -0.25) is 4.79 Å². The quantitative estimate of drug-likeness (QED) is 0.457. The first kappa shape index (κ1) is 24.5. The summed E-state index contributed by atoms with van der Waals surface area (Å²) in [5.41, 5.74) is 2.33. The van der Waals surface area contributed by atoms with Crippen molar-refractivity contribution < 1.29 is 14.0 Å². The van der Waals surface area contributed by atoms with Gasteiger partial charge < -0.3 is 14.1 Å². The van der Waals surface area contributed by atoms with E-state index >= 15 is 0 Å². The van der Waals surface area contributed by atoms with Gasteiger partial charge >= 0.3 is 0 Å². The molecule has 1 saturated heterocycles. The molecule has 2 aromatic rings. The molecule has 0 spiro atoms. The van der Waals surface area contributed by atoms with E-state index in [1.54, 1.807) is 7.11 Å². The van der Waals surface area contributed by atoms with Gasteiger partial charge in [0.1, 0.15) is 5.75 Å². The average Bonchev–Trinajstić information content (AvgIpc) is 2.77. The van der Waals surface area contributed by atoms with E-state index < -0.39 is 8.32 Å². The minimum absolute atomic E-state index is 0.0255. The van der Waals surface area contributed by atoms with Crippen LogP contribution >= 0.6 is 0 Å². The lowest BCUT2D eigenvalue weighted by Crippen LogP contribution is -2.52. The van der Waals surface area contributed by atoms with Gasteiger partial charge in [0.25, 0.3) is 0 Å². The molecular weight excluding hydrogens is 414 g/mol. The van der Waals surface area contributed by atoms with E-state index in [9.17, 15) is 4.79 Å².